The Morgan fingerprint density at radius 2 is 2.36 bits per heavy atom. The lowest BCUT2D eigenvalue weighted by Gasteiger charge is -2.13. The molecule has 1 saturated heterocycles. The predicted molar refractivity (Wildman–Crippen MR) is 51.8 cm³/mol. The fourth-order valence-electron chi connectivity index (χ4n) is 1.46. The van der Waals surface area contributed by atoms with Crippen LogP contribution in [0.2, 0.25) is 0 Å². The van der Waals surface area contributed by atoms with Crippen LogP contribution in [-0.2, 0) is 9.59 Å². The van der Waals surface area contributed by atoms with Gasteiger partial charge in [-0.25, -0.2) is 4.79 Å². The van der Waals surface area contributed by atoms with Crippen molar-refractivity contribution in [2.24, 2.45) is 0 Å². The lowest BCUT2D eigenvalue weighted by molar-refractivity contribution is -0.132. The van der Waals surface area contributed by atoms with E-state index in [1.165, 1.54) is 0 Å². The maximum Gasteiger partial charge on any atom is 0.330 e. The third kappa shape index (κ3) is 2.87. The molecule has 0 saturated carbocycles. The van der Waals surface area contributed by atoms with Crippen molar-refractivity contribution < 1.29 is 14.7 Å². The summed E-state index contributed by atoms with van der Waals surface area (Å²) in [6.07, 6.45) is 3.86. The molecule has 0 aromatic rings. The second-order valence-electron chi connectivity index (χ2n) is 3.47. The van der Waals surface area contributed by atoms with E-state index >= 15 is 0 Å². The van der Waals surface area contributed by atoms with E-state index in [9.17, 15) is 9.59 Å². The molecule has 78 valence electrons. The third-order valence-corrected chi connectivity index (χ3v) is 2.36. The third-order valence-electron chi connectivity index (χ3n) is 2.36. The Morgan fingerprint density at radius 3 is 2.86 bits per heavy atom. The molecule has 0 aliphatic carbocycles. The number of carbonyl (C=O) groups is 2. The van der Waals surface area contributed by atoms with Crippen molar-refractivity contribution in [1.29, 1.82) is 0 Å². The van der Waals surface area contributed by atoms with Crippen LogP contribution in [0.25, 0.3) is 0 Å². The SMILES string of the molecule is CC(=CCCN1CCCC1=O)C(=O)O. The molecule has 0 spiro atoms. The van der Waals surface area contributed by atoms with Gasteiger partial charge < -0.3 is 10.0 Å². The van der Waals surface area contributed by atoms with Crippen LogP contribution in [0.15, 0.2) is 11.6 Å². The highest BCUT2D eigenvalue weighted by Crippen LogP contribution is 2.10. The quantitative estimate of drug-likeness (QED) is 0.685. The molecule has 0 aromatic heterocycles. The van der Waals surface area contributed by atoms with Gasteiger partial charge >= 0.3 is 5.97 Å². The molecule has 4 nitrogen and oxygen atoms in total. The molecule has 0 aromatic carbocycles. The zero-order valence-electron chi connectivity index (χ0n) is 8.32. The van der Waals surface area contributed by atoms with E-state index in [1.807, 2.05) is 0 Å². The van der Waals surface area contributed by atoms with Gasteiger partial charge in [0.25, 0.3) is 0 Å². The number of amides is 1. The highest BCUT2D eigenvalue weighted by Gasteiger charge is 2.18. The molecule has 0 atom stereocenters. The fourth-order valence-corrected chi connectivity index (χ4v) is 1.46. The summed E-state index contributed by atoms with van der Waals surface area (Å²) >= 11 is 0. The van der Waals surface area contributed by atoms with Crippen LogP contribution in [0.3, 0.4) is 0 Å². The molecule has 1 amide bonds. The zero-order chi connectivity index (χ0) is 10.6. The van der Waals surface area contributed by atoms with E-state index in [2.05, 4.69) is 0 Å². The Kier molecular flexibility index (Phi) is 3.68. The molecule has 0 unspecified atom stereocenters. The summed E-state index contributed by atoms with van der Waals surface area (Å²) in [6.45, 7) is 3.02. The molecule has 4 heteroatoms. The first-order chi connectivity index (χ1) is 6.61. The monoisotopic (exact) mass is 197 g/mol. The van der Waals surface area contributed by atoms with Crippen molar-refractivity contribution in [3.8, 4) is 0 Å². The molecule has 1 aliphatic heterocycles. The van der Waals surface area contributed by atoms with Gasteiger partial charge in [-0.2, -0.15) is 0 Å². The van der Waals surface area contributed by atoms with E-state index in [0.717, 1.165) is 13.0 Å². The molecule has 14 heavy (non-hydrogen) atoms. The number of likely N-dealkylation sites (tertiary alicyclic amines) is 1. The number of hydrogen-bond donors (Lipinski definition) is 1. The second-order valence-corrected chi connectivity index (χ2v) is 3.47. The second kappa shape index (κ2) is 4.79. The van der Waals surface area contributed by atoms with Crippen LogP contribution in [0.5, 0.6) is 0 Å². The average molecular weight is 197 g/mol. The first kappa shape index (κ1) is 10.8. The first-order valence-electron chi connectivity index (χ1n) is 4.79. The molecule has 1 aliphatic rings. The van der Waals surface area contributed by atoms with Crippen LogP contribution in [0.4, 0.5) is 0 Å². The minimum absolute atomic E-state index is 0.186. The van der Waals surface area contributed by atoms with Gasteiger partial charge in [-0.15, -0.1) is 0 Å². The van der Waals surface area contributed by atoms with Crippen LogP contribution in [-0.4, -0.2) is 35.0 Å². The molecule has 0 bridgehead atoms. The highest BCUT2D eigenvalue weighted by atomic mass is 16.4. The van der Waals surface area contributed by atoms with Crippen LogP contribution in [0, 0.1) is 0 Å². The summed E-state index contributed by atoms with van der Waals surface area (Å²) in [5, 5.41) is 8.58. The fraction of sp³-hybridized carbons (Fsp3) is 0.600. The van der Waals surface area contributed by atoms with Gasteiger partial charge in [0, 0.05) is 25.1 Å². The summed E-state index contributed by atoms with van der Waals surface area (Å²) < 4.78 is 0. The lowest BCUT2D eigenvalue weighted by atomic mass is 10.2. The largest absolute Gasteiger partial charge is 0.478 e. The lowest BCUT2D eigenvalue weighted by Crippen LogP contribution is -2.25. The predicted octanol–water partition coefficient (Wildman–Crippen LogP) is 1.03. The van der Waals surface area contributed by atoms with Gasteiger partial charge in [0.15, 0.2) is 0 Å². The summed E-state index contributed by atoms with van der Waals surface area (Å²) in [5.41, 5.74) is 0.344. The van der Waals surface area contributed by atoms with Gasteiger partial charge in [-0.05, 0) is 19.8 Å². The van der Waals surface area contributed by atoms with Gasteiger partial charge in [-0.1, -0.05) is 6.08 Å². The molecule has 1 N–H and O–H groups in total. The number of carboxylic acids is 1. The average Bonchev–Trinajstić information content (AvgIpc) is 2.51. The Balaban J connectivity index is 2.30. The highest BCUT2D eigenvalue weighted by molar-refractivity contribution is 5.85. The number of nitrogens with zero attached hydrogens (tertiary/aromatic N) is 1. The smallest absolute Gasteiger partial charge is 0.330 e. The van der Waals surface area contributed by atoms with Crippen molar-refractivity contribution >= 4 is 11.9 Å². The number of rotatable bonds is 4. The molecule has 0 radical (unpaired) electrons. The normalized spacial score (nSPS) is 17.6. The minimum atomic E-state index is -0.891. The zero-order valence-corrected chi connectivity index (χ0v) is 8.32. The van der Waals surface area contributed by atoms with E-state index in [0.29, 0.717) is 25.0 Å². The minimum Gasteiger partial charge on any atom is -0.478 e. The van der Waals surface area contributed by atoms with Gasteiger partial charge in [0.1, 0.15) is 0 Å². The van der Waals surface area contributed by atoms with Gasteiger partial charge in [0.05, 0.1) is 0 Å². The van der Waals surface area contributed by atoms with E-state index in [-0.39, 0.29) is 5.91 Å². The Hall–Kier alpha value is -1.32. The standard InChI is InChI=1S/C10H15NO3/c1-8(10(13)14)4-2-6-11-7-3-5-9(11)12/h4H,2-3,5-7H2,1H3,(H,13,14). The van der Waals surface area contributed by atoms with E-state index in [4.69, 9.17) is 5.11 Å². The molecule has 1 heterocycles. The van der Waals surface area contributed by atoms with Crippen LogP contribution in [0.1, 0.15) is 26.2 Å². The Labute approximate surface area is 83.2 Å². The van der Waals surface area contributed by atoms with Crippen molar-refractivity contribution in [2.45, 2.75) is 26.2 Å². The summed E-state index contributed by atoms with van der Waals surface area (Å²) in [7, 11) is 0. The van der Waals surface area contributed by atoms with E-state index < -0.39 is 5.97 Å². The Morgan fingerprint density at radius 1 is 1.64 bits per heavy atom. The van der Waals surface area contributed by atoms with Crippen molar-refractivity contribution in [3.05, 3.63) is 11.6 Å². The molecule has 1 fully saturated rings. The van der Waals surface area contributed by atoms with Crippen molar-refractivity contribution in [3.63, 3.8) is 0 Å². The number of carboxylic acid groups (broad SMARTS) is 1. The molecular formula is C10H15NO3. The van der Waals surface area contributed by atoms with Crippen molar-refractivity contribution in [1.82, 2.24) is 4.90 Å². The molecular weight excluding hydrogens is 182 g/mol. The van der Waals surface area contributed by atoms with Crippen molar-refractivity contribution in [2.75, 3.05) is 13.1 Å². The summed E-state index contributed by atoms with van der Waals surface area (Å²) in [6, 6.07) is 0. The summed E-state index contributed by atoms with van der Waals surface area (Å²) in [4.78, 5) is 23.4. The van der Waals surface area contributed by atoms with Crippen LogP contribution < -0.4 is 0 Å². The van der Waals surface area contributed by atoms with Crippen LogP contribution >= 0.6 is 0 Å². The number of carbonyl (C=O) groups excluding carboxylic acids is 1. The Bertz CT molecular complexity index is 271. The molecule has 1 rings (SSSR count). The van der Waals surface area contributed by atoms with Gasteiger partial charge in [-0.3, -0.25) is 4.79 Å². The van der Waals surface area contributed by atoms with E-state index in [1.54, 1.807) is 17.9 Å². The first-order valence-corrected chi connectivity index (χ1v) is 4.79. The van der Waals surface area contributed by atoms with Gasteiger partial charge in [0.2, 0.25) is 5.91 Å². The summed E-state index contributed by atoms with van der Waals surface area (Å²) in [5.74, 6) is -0.705. The maximum atomic E-state index is 11.2. The topological polar surface area (TPSA) is 57.6 Å². The number of hydrogen-bond acceptors (Lipinski definition) is 2. The number of aliphatic carboxylic acids is 1. The maximum absolute atomic E-state index is 11.2.